The normalized spacial score (nSPS) is 24.2. The van der Waals surface area contributed by atoms with E-state index >= 15 is 0 Å². The van der Waals surface area contributed by atoms with E-state index in [0.29, 0.717) is 0 Å². The Kier molecular flexibility index (Phi) is 6.65. The van der Waals surface area contributed by atoms with Crippen LogP contribution in [0.5, 0.6) is 0 Å². The van der Waals surface area contributed by atoms with Gasteiger partial charge in [0.15, 0.2) is 0 Å². The topological polar surface area (TPSA) is 44.4 Å². The number of likely N-dealkylation sites (N-methyl/N-ethyl adjacent to an activating group) is 1. The number of hydrogen-bond acceptors (Lipinski definition) is 3. The van der Waals surface area contributed by atoms with E-state index in [-0.39, 0.29) is 11.4 Å². The zero-order valence-electron chi connectivity index (χ0n) is 12.2. The molecule has 0 bridgehead atoms. The van der Waals surface area contributed by atoms with E-state index in [1.807, 2.05) is 6.92 Å². The van der Waals surface area contributed by atoms with Gasteiger partial charge in [0.25, 0.3) is 0 Å². The molecule has 1 fully saturated rings. The van der Waals surface area contributed by atoms with Gasteiger partial charge in [0.1, 0.15) is 0 Å². The highest BCUT2D eigenvalue weighted by Crippen LogP contribution is 2.18. The van der Waals surface area contributed by atoms with Crippen molar-refractivity contribution in [2.75, 3.05) is 32.7 Å². The fourth-order valence-corrected chi connectivity index (χ4v) is 2.52. The van der Waals surface area contributed by atoms with Crippen LogP contribution in [0.2, 0.25) is 0 Å². The van der Waals surface area contributed by atoms with Gasteiger partial charge in [-0.05, 0) is 52.2 Å². The molecule has 1 heterocycles. The fraction of sp³-hybridized carbons (Fsp3) is 0.929. The Morgan fingerprint density at radius 1 is 1.33 bits per heavy atom. The van der Waals surface area contributed by atoms with Crippen molar-refractivity contribution in [2.24, 2.45) is 0 Å². The van der Waals surface area contributed by atoms with Crippen LogP contribution in [0.4, 0.5) is 0 Å². The molecule has 18 heavy (non-hydrogen) atoms. The summed E-state index contributed by atoms with van der Waals surface area (Å²) in [4.78, 5) is 14.5. The van der Waals surface area contributed by atoms with Gasteiger partial charge >= 0.3 is 0 Å². The SMILES string of the molecule is CCCN(CC)CCNC(=O)C1(C)CCCCN1. The van der Waals surface area contributed by atoms with E-state index in [9.17, 15) is 4.79 Å². The van der Waals surface area contributed by atoms with Gasteiger partial charge in [0.2, 0.25) is 5.91 Å². The summed E-state index contributed by atoms with van der Waals surface area (Å²) in [6, 6.07) is 0. The van der Waals surface area contributed by atoms with Gasteiger partial charge in [-0.2, -0.15) is 0 Å². The van der Waals surface area contributed by atoms with E-state index in [0.717, 1.165) is 45.6 Å². The minimum atomic E-state index is -0.347. The van der Waals surface area contributed by atoms with E-state index in [2.05, 4.69) is 29.4 Å². The minimum absolute atomic E-state index is 0.162. The third kappa shape index (κ3) is 4.58. The second-order valence-corrected chi connectivity index (χ2v) is 5.41. The summed E-state index contributed by atoms with van der Waals surface area (Å²) >= 11 is 0. The molecular formula is C14H29N3O. The maximum absolute atomic E-state index is 12.2. The number of nitrogens with zero attached hydrogens (tertiary/aromatic N) is 1. The maximum atomic E-state index is 12.2. The van der Waals surface area contributed by atoms with Crippen molar-refractivity contribution in [1.82, 2.24) is 15.5 Å². The summed E-state index contributed by atoms with van der Waals surface area (Å²) in [5, 5.41) is 6.42. The number of carbonyl (C=O) groups excluding carboxylic acids is 1. The van der Waals surface area contributed by atoms with Crippen molar-refractivity contribution in [1.29, 1.82) is 0 Å². The van der Waals surface area contributed by atoms with E-state index in [1.54, 1.807) is 0 Å². The number of rotatable bonds is 7. The standard InChI is InChI=1S/C14H29N3O/c1-4-11-17(5-2)12-10-15-13(18)14(3)8-6-7-9-16-14/h16H,4-12H2,1-3H3,(H,15,18). The Morgan fingerprint density at radius 3 is 2.67 bits per heavy atom. The third-order valence-corrected chi connectivity index (χ3v) is 3.82. The number of nitrogens with one attached hydrogen (secondary N) is 2. The molecule has 1 atom stereocenters. The average Bonchev–Trinajstić information content (AvgIpc) is 2.38. The van der Waals surface area contributed by atoms with Crippen LogP contribution < -0.4 is 10.6 Å². The first-order valence-electron chi connectivity index (χ1n) is 7.38. The highest BCUT2D eigenvalue weighted by molar-refractivity contribution is 5.85. The van der Waals surface area contributed by atoms with Gasteiger partial charge in [0.05, 0.1) is 5.54 Å². The quantitative estimate of drug-likeness (QED) is 0.722. The Hall–Kier alpha value is -0.610. The third-order valence-electron chi connectivity index (χ3n) is 3.82. The smallest absolute Gasteiger partial charge is 0.240 e. The number of amides is 1. The highest BCUT2D eigenvalue weighted by Gasteiger charge is 2.33. The van der Waals surface area contributed by atoms with Gasteiger partial charge in [-0.1, -0.05) is 13.8 Å². The van der Waals surface area contributed by atoms with Gasteiger partial charge in [-0.15, -0.1) is 0 Å². The molecule has 1 unspecified atom stereocenters. The molecule has 0 spiro atoms. The molecule has 2 N–H and O–H groups in total. The first-order valence-corrected chi connectivity index (χ1v) is 7.38. The molecule has 0 saturated carbocycles. The maximum Gasteiger partial charge on any atom is 0.240 e. The van der Waals surface area contributed by atoms with Crippen LogP contribution in [0.1, 0.15) is 46.5 Å². The summed E-state index contributed by atoms with van der Waals surface area (Å²) in [5.41, 5.74) is -0.347. The average molecular weight is 255 g/mol. The lowest BCUT2D eigenvalue weighted by Crippen LogP contribution is -2.57. The first kappa shape index (κ1) is 15.4. The highest BCUT2D eigenvalue weighted by atomic mass is 16.2. The van der Waals surface area contributed by atoms with Crippen LogP contribution in [-0.4, -0.2) is 49.1 Å². The second kappa shape index (κ2) is 7.74. The Labute approximate surface area is 111 Å². The summed E-state index contributed by atoms with van der Waals surface area (Å²) in [7, 11) is 0. The Morgan fingerprint density at radius 2 is 2.11 bits per heavy atom. The molecule has 1 aliphatic heterocycles. The van der Waals surface area contributed by atoms with Gasteiger partial charge in [-0.25, -0.2) is 0 Å². The molecule has 4 heteroatoms. The van der Waals surface area contributed by atoms with Crippen molar-refractivity contribution >= 4 is 5.91 Å². The van der Waals surface area contributed by atoms with Crippen molar-refractivity contribution < 1.29 is 4.79 Å². The van der Waals surface area contributed by atoms with Gasteiger partial charge in [0, 0.05) is 13.1 Å². The zero-order chi connectivity index (χ0) is 13.4. The molecular weight excluding hydrogens is 226 g/mol. The molecule has 0 aromatic heterocycles. The van der Waals surface area contributed by atoms with E-state index in [4.69, 9.17) is 0 Å². The summed E-state index contributed by atoms with van der Waals surface area (Å²) in [6.07, 6.45) is 4.45. The van der Waals surface area contributed by atoms with Gasteiger partial charge in [-0.3, -0.25) is 4.79 Å². The number of carbonyl (C=O) groups is 1. The van der Waals surface area contributed by atoms with Crippen molar-refractivity contribution in [3.8, 4) is 0 Å². The van der Waals surface area contributed by atoms with Gasteiger partial charge < -0.3 is 15.5 Å². The molecule has 1 saturated heterocycles. The van der Waals surface area contributed by atoms with E-state index in [1.165, 1.54) is 12.8 Å². The van der Waals surface area contributed by atoms with Crippen molar-refractivity contribution in [3.63, 3.8) is 0 Å². The first-order chi connectivity index (χ1) is 8.62. The molecule has 0 aromatic carbocycles. The molecule has 106 valence electrons. The summed E-state index contributed by atoms with van der Waals surface area (Å²) in [5.74, 6) is 0.162. The molecule has 1 rings (SSSR count). The number of piperidine rings is 1. The predicted molar refractivity (Wildman–Crippen MR) is 75.7 cm³/mol. The van der Waals surface area contributed by atoms with Crippen LogP contribution in [0.3, 0.4) is 0 Å². The monoisotopic (exact) mass is 255 g/mol. The van der Waals surface area contributed by atoms with Crippen LogP contribution in [0.25, 0.3) is 0 Å². The molecule has 4 nitrogen and oxygen atoms in total. The lowest BCUT2D eigenvalue weighted by atomic mass is 9.90. The second-order valence-electron chi connectivity index (χ2n) is 5.41. The lowest BCUT2D eigenvalue weighted by Gasteiger charge is -2.33. The summed E-state index contributed by atoms with van der Waals surface area (Å²) < 4.78 is 0. The minimum Gasteiger partial charge on any atom is -0.353 e. The Bertz CT molecular complexity index is 249. The van der Waals surface area contributed by atoms with Crippen LogP contribution >= 0.6 is 0 Å². The summed E-state index contributed by atoms with van der Waals surface area (Å²) in [6.45, 7) is 11.2. The lowest BCUT2D eigenvalue weighted by molar-refractivity contribution is -0.128. The fourth-order valence-electron chi connectivity index (χ4n) is 2.52. The molecule has 0 aromatic rings. The number of hydrogen-bond donors (Lipinski definition) is 2. The van der Waals surface area contributed by atoms with Crippen LogP contribution in [0, 0.1) is 0 Å². The molecule has 1 aliphatic rings. The Balaban J connectivity index is 2.27. The molecule has 0 radical (unpaired) electrons. The van der Waals surface area contributed by atoms with E-state index < -0.39 is 0 Å². The predicted octanol–water partition coefficient (Wildman–Crippen LogP) is 1.37. The molecule has 1 amide bonds. The zero-order valence-corrected chi connectivity index (χ0v) is 12.2. The van der Waals surface area contributed by atoms with Crippen molar-refractivity contribution in [2.45, 2.75) is 52.0 Å². The van der Waals surface area contributed by atoms with Crippen LogP contribution in [0.15, 0.2) is 0 Å². The largest absolute Gasteiger partial charge is 0.353 e. The van der Waals surface area contributed by atoms with Crippen molar-refractivity contribution in [3.05, 3.63) is 0 Å². The van der Waals surface area contributed by atoms with Crippen LogP contribution in [-0.2, 0) is 4.79 Å². The molecule has 0 aliphatic carbocycles.